The maximum atomic E-state index is 12.3. The fourth-order valence-electron chi connectivity index (χ4n) is 1.87. The second-order valence-corrected chi connectivity index (χ2v) is 5.15. The number of piperazine rings is 1. The highest BCUT2D eigenvalue weighted by atomic mass is 16.2. The summed E-state index contributed by atoms with van der Waals surface area (Å²) in [7, 11) is 0. The van der Waals surface area contributed by atoms with Crippen LogP contribution in [0, 0.1) is 5.92 Å². The Morgan fingerprint density at radius 1 is 1.38 bits per heavy atom. The van der Waals surface area contributed by atoms with Gasteiger partial charge < -0.3 is 10.2 Å². The van der Waals surface area contributed by atoms with E-state index in [4.69, 9.17) is 0 Å². The molecule has 4 heteroatoms. The normalized spacial score (nSPS) is 28.2. The Kier molecular flexibility index (Phi) is 3.61. The van der Waals surface area contributed by atoms with Gasteiger partial charge in [0, 0.05) is 6.04 Å². The van der Waals surface area contributed by atoms with Crippen LogP contribution in [0.2, 0.25) is 0 Å². The predicted molar refractivity (Wildman–Crippen MR) is 62.9 cm³/mol. The van der Waals surface area contributed by atoms with E-state index < -0.39 is 5.54 Å². The molecule has 0 radical (unpaired) electrons. The third-order valence-electron chi connectivity index (χ3n) is 3.63. The van der Waals surface area contributed by atoms with Crippen LogP contribution >= 0.6 is 0 Å². The molecule has 1 N–H and O–H groups in total. The lowest BCUT2D eigenvalue weighted by molar-refractivity contribution is -0.152. The Hall–Kier alpha value is -1.06. The molecule has 2 amide bonds. The number of rotatable bonds is 3. The Balaban J connectivity index is 2.94. The van der Waals surface area contributed by atoms with E-state index in [2.05, 4.69) is 19.2 Å². The first kappa shape index (κ1) is 13.0. The Morgan fingerprint density at radius 3 is 2.38 bits per heavy atom. The van der Waals surface area contributed by atoms with Gasteiger partial charge in [-0.3, -0.25) is 9.59 Å². The number of nitrogens with one attached hydrogen (secondary N) is 1. The molecule has 4 nitrogen and oxygen atoms in total. The topological polar surface area (TPSA) is 49.4 Å². The van der Waals surface area contributed by atoms with Gasteiger partial charge in [-0.1, -0.05) is 20.8 Å². The van der Waals surface area contributed by atoms with Crippen molar-refractivity contribution in [3.63, 3.8) is 0 Å². The summed E-state index contributed by atoms with van der Waals surface area (Å²) >= 11 is 0. The summed E-state index contributed by atoms with van der Waals surface area (Å²) in [4.78, 5) is 25.6. The average molecular weight is 226 g/mol. The fourth-order valence-corrected chi connectivity index (χ4v) is 1.87. The van der Waals surface area contributed by atoms with Crippen molar-refractivity contribution in [2.24, 2.45) is 5.92 Å². The lowest BCUT2D eigenvalue weighted by Gasteiger charge is -2.43. The van der Waals surface area contributed by atoms with Crippen molar-refractivity contribution >= 4 is 11.8 Å². The van der Waals surface area contributed by atoms with E-state index in [1.165, 1.54) is 0 Å². The summed E-state index contributed by atoms with van der Waals surface area (Å²) < 4.78 is 0. The van der Waals surface area contributed by atoms with E-state index in [-0.39, 0.29) is 24.4 Å². The van der Waals surface area contributed by atoms with Crippen molar-refractivity contribution < 1.29 is 9.59 Å². The lowest BCUT2D eigenvalue weighted by Crippen LogP contribution is -2.67. The maximum absolute atomic E-state index is 12.3. The lowest BCUT2D eigenvalue weighted by atomic mass is 9.92. The largest absolute Gasteiger partial charge is 0.340 e. The first-order valence-corrected chi connectivity index (χ1v) is 5.94. The van der Waals surface area contributed by atoms with Gasteiger partial charge in [-0.15, -0.1) is 0 Å². The molecule has 1 rings (SSSR count). The summed E-state index contributed by atoms with van der Waals surface area (Å²) in [5.74, 6) is 0.336. The molecule has 1 aliphatic rings. The van der Waals surface area contributed by atoms with E-state index in [0.717, 1.165) is 0 Å². The molecule has 0 spiro atoms. The van der Waals surface area contributed by atoms with Gasteiger partial charge in [0.2, 0.25) is 11.8 Å². The fraction of sp³-hybridized carbons (Fsp3) is 0.833. The predicted octanol–water partition coefficient (Wildman–Crippen LogP) is 1.16. The summed E-state index contributed by atoms with van der Waals surface area (Å²) in [6, 6.07) is 0.101. The zero-order valence-corrected chi connectivity index (χ0v) is 10.8. The molecule has 2 atom stereocenters. The standard InChI is InChI=1S/C12H22N2O2/c1-6-12(5)11(16)14(7-10(15)13-12)9(4)8(2)3/h8-9H,6-7H2,1-5H3,(H,13,15). The number of carbonyl (C=O) groups excluding carboxylic acids is 2. The number of hydrogen-bond donors (Lipinski definition) is 1. The van der Waals surface area contributed by atoms with Crippen molar-refractivity contribution in [2.45, 2.75) is 52.6 Å². The second-order valence-electron chi connectivity index (χ2n) is 5.15. The highest BCUT2D eigenvalue weighted by Crippen LogP contribution is 2.22. The molecule has 16 heavy (non-hydrogen) atoms. The third kappa shape index (κ3) is 2.20. The molecule has 1 fully saturated rings. The molecule has 0 aromatic rings. The van der Waals surface area contributed by atoms with Gasteiger partial charge in [-0.2, -0.15) is 0 Å². The Labute approximate surface area is 97.4 Å². The van der Waals surface area contributed by atoms with Crippen LogP contribution < -0.4 is 5.32 Å². The van der Waals surface area contributed by atoms with Crippen molar-refractivity contribution in [1.82, 2.24) is 10.2 Å². The van der Waals surface area contributed by atoms with Crippen LogP contribution in [0.3, 0.4) is 0 Å². The minimum absolute atomic E-state index is 0.0378. The summed E-state index contributed by atoms with van der Waals surface area (Å²) in [5, 5.41) is 2.79. The summed E-state index contributed by atoms with van der Waals surface area (Å²) in [6.07, 6.45) is 0.624. The average Bonchev–Trinajstić information content (AvgIpc) is 2.22. The van der Waals surface area contributed by atoms with Crippen LogP contribution in [0.1, 0.15) is 41.0 Å². The van der Waals surface area contributed by atoms with Crippen LogP contribution in [0.4, 0.5) is 0 Å². The number of amides is 2. The molecule has 0 aromatic carbocycles. The van der Waals surface area contributed by atoms with Crippen molar-refractivity contribution in [2.75, 3.05) is 6.54 Å². The van der Waals surface area contributed by atoms with Crippen LogP contribution in [0.25, 0.3) is 0 Å². The van der Waals surface area contributed by atoms with Crippen LogP contribution in [-0.4, -0.2) is 34.8 Å². The first-order valence-electron chi connectivity index (χ1n) is 5.94. The molecule has 0 saturated carbocycles. The molecule has 0 bridgehead atoms. The van der Waals surface area contributed by atoms with Gasteiger partial charge in [-0.05, 0) is 26.2 Å². The number of nitrogens with zero attached hydrogens (tertiary/aromatic N) is 1. The number of carbonyl (C=O) groups is 2. The van der Waals surface area contributed by atoms with Crippen molar-refractivity contribution in [3.05, 3.63) is 0 Å². The molecule has 1 heterocycles. The molecule has 2 unspecified atom stereocenters. The van der Waals surface area contributed by atoms with Crippen molar-refractivity contribution in [3.8, 4) is 0 Å². The van der Waals surface area contributed by atoms with Crippen molar-refractivity contribution in [1.29, 1.82) is 0 Å². The Bertz CT molecular complexity index is 301. The Morgan fingerprint density at radius 2 is 1.94 bits per heavy atom. The quantitative estimate of drug-likeness (QED) is 0.785. The monoisotopic (exact) mass is 226 g/mol. The highest BCUT2D eigenvalue weighted by molar-refractivity contribution is 5.97. The smallest absolute Gasteiger partial charge is 0.248 e. The van der Waals surface area contributed by atoms with E-state index in [9.17, 15) is 9.59 Å². The van der Waals surface area contributed by atoms with Gasteiger partial charge >= 0.3 is 0 Å². The first-order chi connectivity index (χ1) is 7.31. The van der Waals surface area contributed by atoms with Gasteiger partial charge in [0.05, 0.1) is 6.54 Å². The summed E-state index contributed by atoms with van der Waals surface area (Å²) in [5.41, 5.74) is -0.724. The molecule has 1 saturated heterocycles. The second kappa shape index (κ2) is 4.44. The zero-order valence-electron chi connectivity index (χ0n) is 10.8. The van der Waals surface area contributed by atoms with Crippen LogP contribution in [-0.2, 0) is 9.59 Å². The number of hydrogen-bond acceptors (Lipinski definition) is 2. The minimum atomic E-state index is -0.724. The van der Waals surface area contributed by atoms with E-state index in [0.29, 0.717) is 12.3 Å². The van der Waals surface area contributed by atoms with Crippen LogP contribution in [0.15, 0.2) is 0 Å². The zero-order chi connectivity index (χ0) is 12.5. The molecule has 0 aromatic heterocycles. The molecule has 92 valence electrons. The van der Waals surface area contributed by atoms with Gasteiger partial charge in [0.15, 0.2) is 0 Å². The third-order valence-corrected chi connectivity index (χ3v) is 3.63. The SMILES string of the molecule is CCC1(C)NC(=O)CN(C(C)C(C)C)C1=O. The maximum Gasteiger partial charge on any atom is 0.248 e. The van der Waals surface area contributed by atoms with E-state index >= 15 is 0 Å². The molecular weight excluding hydrogens is 204 g/mol. The minimum Gasteiger partial charge on any atom is -0.340 e. The van der Waals surface area contributed by atoms with E-state index in [1.807, 2.05) is 13.8 Å². The highest BCUT2D eigenvalue weighted by Gasteiger charge is 2.43. The molecular formula is C12H22N2O2. The van der Waals surface area contributed by atoms with Gasteiger partial charge in [-0.25, -0.2) is 0 Å². The summed E-state index contributed by atoms with van der Waals surface area (Å²) in [6.45, 7) is 10.0. The van der Waals surface area contributed by atoms with E-state index in [1.54, 1.807) is 11.8 Å². The van der Waals surface area contributed by atoms with Gasteiger partial charge in [0.25, 0.3) is 0 Å². The van der Waals surface area contributed by atoms with Crippen LogP contribution in [0.5, 0.6) is 0 Å². The molecule has 0 aliphatic carbocycles. The van der Waals surface area contributed by atoms with Gasteiger partial charge in [0.1, 0.15) is 5.54 Å². The molecule has 1 aliphatic heterocycles.